The van der Waals surface area contributed by atoms with Gasteiger partial charge in [0.15, 0.2) is 0 Å². The lowest BCUT2D eigenvalue weighted by Gasteiger charge is -2.29. The van der Waals surface area contributed by atoms with E-state index in [0.717, 1.165) is 25.7 Å². The summed E-state index contributed by atoms with van der Waals surface area (Å²) in [5.74, 6) is 5.90. The Kier molecular flexibility index (Phi) is 4.16. The number of hydrazine groups is 1. The van der Waals surface area contributed by atoms with Gasteiger partial charge >= 0.3 is 0 Å². The average molecular weight is 199 g/mol. The molecule has 0 unspecified atom stereocenters. The predicted molar refractivity (Wildman–Crippen MR) is 57.7 cm³/mol. The van der Waals surface area contributed by atoms with Crippen LogP contribution in [0.25, 0.3) is 0 Å². The molecule has 0 aromatic heterocycles. The molecule has 5 heteroatoms. The van der Waals surface area contributed by atoms with Crippen LogP contribution >= 0.6 is 0 Å². The van der Waals surface area contributed by atoms with E-state index in [9.17, 15) is 0 Å². The Hall–Kier alpha value is -0.810. The second-order valence-electron chi connectivity index (χ2n) is 3.89. The van der Waals surface area contributed by atoms with Gasteiger partial charge in [-0.3, -0.25) is 10.4 Å². The summed E-state index contributed by atoms with van der Waals surface area (Å²) in [6.07, 6.45) is 4.17. The molecule has 1 saturated carbocycles. The fourth-order valence-corrected chi connectivity index (χ4v) is 1.70. The topological polar surface area (TPSA) is 91.2 Å². The molecule has 5 nitrogen and oxygen atoms in total. The van der Waals surface area contributed by atoms with Crippen LogP contribution in [0.5, 0.6) is 0 Å². The Morgan fingerprint density at radius 2 is 2.00 bits per heavy atom. The third-order valence-electron chi connectivity index (χ3n) is 2.74. The number of hydrogen-bond donors (Lipinski definition) is 4. The van der Waals surface area contributed by atoms with Crippen molar-refractivity contribution < 1.29 is 0 Å². The molecule has 14 heavy (non-hydrogen) atoms. The molecule has 0 radical (unpaired) electrons. The number of nitrogens with two attached hydrogens (primary N) is 2. The van der Waals surface area contributed by atoms with Crippen molar-refractivity contribution in [1.29, 1.82) is 5.41 Å². The molecule has 0 bridgehead atoms. The summed E-state index contributed by atoms with van der Waals surface area (Å²) in [7, 11) is 0. The highest BCUT2D eigenvalue weighted by molar-refractivity contribution is 5.76. The summed E-state index contributed by atoms with van der Waals surface area (Å²) in [6.45, 7) is 2.57. The van der Waals surface area contributed by atoms with Gasteiger partial charge in [0.05, 0.1) is 0 Å². The van der Waals surface area contributed by atoms with Crippen molar-refractivity contribution in [2.45, 2.75) is 44.7 Å². The molecule has 6 N–H and O–H groups in total. The zero-order valence-electron chi connectivity index (χ0n) is 8.79. The molecule has 0 heterocycles. The van der Waals surface area contributed by atoms with Crippen LogP contribution in [0.2, 0.25) is 0 Å². The predicted octanol–water partition coefficient (Wildman–Crippen LogP) is -0.0237. The Balaban J connectivity index is 2.27. The monoisotopic (exact) mass is 199 g/mol. The number of nitrogens with zero attached hydrogens (tertiary/aromatic N) is 1. The molecule has 0 atom stereocenters. The first-order valence-electron chi connectivity index (χ1n) is 5.26. The van der Waals surface area contributed by atoms with Crippen LogP contribution in [-0.2, 0) is 0 Å². The first-order valence-corrected chi connectivity index (χ1v) is 5.26. The minimum Gasteiger partial charge on any atom is -0.353 e. The van der Waals surface area contributed by atoms with Crippen LogP contribution in [0.1, 0.15) is 32.6 Å². The van der Waals surface area contributed by atoms with Crippen molar-refractivity contribution >= 4 is 5.96 Å². The highest BCUT2D eigenvalue weighted by Crippen LogP contribution is 2.16. The van der Waals surface area contributed by atoms with E-state index in [4.69, 9.17) is 17.0 Å². The van der Waals surface area contributed by atoms with Crippen molar-refractivity contribution in [3.8, 4) is 0 Å². The number of rotatable bonds is 2. The summed E-state index contributed by atoms with van der Waals surface area (Å²) in [6, 6.07) is 0.724. The molecule has 82 valence electrons. The molecule has 1 aliphatic rings. The van der Waals surface area contributed by atoms with Crippen LogP contribution in [0.3, 0.4) is 0 Å². The number of guanidine groups is 1. The highest BCUT2D eigenvalue weighted by atomic mass is 15.5. The van der Waals surface area contributed by atoms with Crippen LogP contribution in [0.4, 0.5) is 0 Å². The van der Waals surface area contributed by atoms with E-state index in [1.54, 1.807) is 0 Å². The quantitative estimate of drug-likeness (QED) is 0.218. The van der Waals surface area contributed by atoms with E-state index < -0.39 is 0 Å². The smallest absolute Gasteiger partial charge is 0.205 e. The first kappa shape index (κ1) is 11.3. The Bertz CT molecular complexity index is 186. The molecule has 0 spiro atoms. The summed E-state index contributed by atoms with van der Waals surface area (Å²) in [5.41, 5.74) is 5.80. The fourth-order valence-electron chi connectivity index (χ4n) is 1.70. The van der Waals surface area contributed by atoms with Gasteiger partial charge in [0.1, 0.15) is 0 Å². The van der Waals surface area contributed by atoms with Crippen LogP contribution < -0.4 is 16.9 Å². The van der Waals surface area contributed by atoms with Gasteiger partial charge in [-0.2, -0.15) is 0 Å². The van der Waals surface area contributed by atoms with E-state index in [1.165, 1.54) is 5.01 Å². The maximum atomic E-state index is 7.64. The summed E-state index contributed by atoms with van der Waals surface area (Å²) >= 11 is 0. The molecule has 0 saturated heterocycles. The van der Waals surface area contributed by atoms with Crippen molar-refractivity contribution in [3.05, 3.63) is 0 Å². The van der Waals surface area contributed by atoms with E-state index in [0.29, 0.717) is 24.6 Å². The van der Waals surface area contributed by atoms with E-state index in [2.05, 4.69) is 5.32 Å². The van der Waals surface area contributed by atoms with Crippen LogP contribution in [0.15, 0.2) is 0 Å². The van der Waals surface area contributed by atoms with Gasteiger partial charge in [-0.25, -0.2) is 5.84 Å². The lowest BCUT2D eigenvalue weighted by atomic mass is 9.92. The van der Waals surface area contributed by atoms with Crippen molar-refractivity contribution in [3.63, 3.8) is 0 Å². The van der Waals surface area contributed by atoms with Gasteiger partial charge in [-0.1, -0.05) is 0 Å². The van der Waals surface area contributed by atoms with Gasteiger partial charge in [0.25, 0.3) is 0 Å². The number of hydrogen-bond acceptors (Lipinski definition) is 3. The van der Waals surface area contributed by atoms with Crippen molar-refractivity contribution in [2.75, 3.05) is 6.54 Å². The Morgan fingerprint density at radius 3 is 2.50 bits per heavy atom. The number of nitrogens with one attached hydrogen (secondary N) is 2. The standard InChI is InChI=1S/C9H21N5/c1-2-14(12)9(11)13-8-5-3-7(10)4-6-8/h7-8H,2-6,10,12H2,1H3,(H2,11,13). The zero-order valence-corrected chi connectivity index (χ0v) is 8.79. The largest absolute Gasteiger partial charge is 0.353 e. The third kappa shape index (κ3) is 3.16. The SMILES string of the molecule is CCN(N)C(=N)NC1CCC(N)CC1. The Morgan fingerprint density at radius 1 is 1.43 bits per heavy atom. The van der Waals surface area contributed by atoms with Gasteiger partial charge < -0.3 is 11.1 Å². The summed E-state index contributed by atoms with van der Waals surface area (Å²) < 4.78 is 0. The molecule has 1 aliphatic carbocycles. The minimum atomic E-state index is 0.313. The molecule has 0 amide bonds. The molecule has 0 aromatic carbocycles. The molecule has 0 aliphatic heterocycles. The molecule has 0 aromatic rings. The van der Waals surface area contributed by atoms with Gasteiger partial charge in [-0.15, -0.1) is 0 Å². The van der Waals surface area contributed by atoms with E-state index in [1.807, 2.05) is 6.92 Å². The lowest BCUT2D eigenvalue weighted by molar-refractivity contribution is 0.352. The fraction of sp³-hybridized carbons (Fsp3) is 0.889. The third-order valence-corrected chi connectivity index (χ3v) is 2.74. The summed E-state index contributed by atoms with van der Waals surface area (Å²) in [5, 5.41) is 12.2. The second kappa shape index (κ2) is 5.17. The minimum absolute atomic E-state index is 0.313. The zero-order chi connectivity index (χ0) is 10.6. The van der Waals surface area contributed by atoms with E-state index in [-0.39, 0.29) is 0 Å². The average Bonchev–Trinajstić information content (AvgIpc) is 2.20. The van der Waals surface area contributed by atoms with Crippen LogP contribution in [0, 0.1) is 5.41 Å². The van der Waals surface area contributed by atoms with Crippen LogP contribution in [-0.4, -0.2) is 29.6 Å². The molecule has 1 fully saturated rings. The van der Waals surface area contributed by atoms with Crippen molar-refractivity contribution in [2.24, 2.45) is 11.6 Å². The maximum Gasteiger partial charge on any atom is 0.205 e. The van der Waals surface area contributed by atoms with Gasteiger partial charge in [0, 0.05) is 18.6 Å². The highest BCUT2D eigenvalue weighted by Gasteiger charge is 2.19. The Labute approximate surface area is 85.3 Å². The normalized spacial score (nSPS) is 27.1. The lowest BCUT2D eigenvalue weighted by Crippen LogP contribution is -2.50. The molecular weight excluding hydrogens is 178 g/mol. The van der Waals surface area contributed by atoms with Gasteiger partial charge in [-0.05, 0) is 32.6 Å². The van der Waals surface area contributed by atoms with Gasteiger partial charge in [0.2, 0.25) is 5.96 Å². The van der Waals surface area contributed by atoms with Crippen molar-refractivity contribution in [1.82, 2.24) is 10.3 Å². The molecular formula is C9H21N5. The summed E-state index contributed by atoms with van der Waals surface area (Å²) in [4.78, 5) is 0. The molecule has 1 rings (SSSR count). The van der Waals surface area contributed by atoms with E-state index >= 15 is 0 Å². The second-order valence-corrected chi connectivity index (χ2v) is 3.89. The maximum absolute atomic E-state index is 7.64. The first-order chi connectivity index (χ1) is 6.63.